The van der Waals surface area contributed by atoms with E-state index >= 15 is 0 Å². The molecule has 1 aromatic heterocycles. The van der Waals surface area contributed by atoms with E-state index in [9.17, 15) is 0 Å². The molecule has 0 spiro atoms. The van der Waals surface area contributed by atoms with Gasteiger partial charge in [0.15, 0.2) is 0 Å². The maximum absolute atomic E-state index is 4.25. The Bertz CT molecular complexity index is 2040. The van der Waals surface area contributed by atoms with Crippen molar-refractivity contribution in [2.24, 2.45) is 0 Å². The molecule has 2 heterocycles. The molecule has 3 nitrogen and oxygen atoms in total. The standard InChI is InChI=1S/C37H27N3/c1-37(2)33-11-5-7-13-35(33)40(36-14-8-6-12-34(36)37)26-16-18-29-27-9-3-4-10-28(27)31-19-24(25-21-38-23-39-22-25)15-17-30(31)32(29)20-26/h3-23H,1-2H3. The zero-order chi connectivity index (χ0) is 26.8. The summed E-state index contributed by atoms with van der Waals surface area (Å²) in [4.78, 5) is 10.9. The minimum Gasteiger partial charge on any atom is -0.310 e. The smallest absolute Gasteiger partial charge is 0.115 e. The molecule has 0 N–H and O–H groups in total. The van der Waals surface area contributed by atoms with Crippen molar-refractivity contribution < 1.29 is 0 Å². The van der Waals surface area contributed by atoms with Crippen LogP contribution in [0.25, 0.3) is 43.4 Å². The predicted molar refractivity (Wildman–Crippen MR) is 167 cm³/mol. The van der Waals surface area contributed by atoms with Gasteiger partial charge in [-0.05, 0) is 79.3 Å². The summed E-state index contributed by atoms with van der Waals surface area (Å²) in [7, 11) is 0. The molecular formula is C37H27N3. The van der Waals surface area contributed by atoms with Crippen molar-refractivity contribution in [1.29, 1.82) is 0 Å². The van der Waals surface area contributed by atoms with Crippen LogP contribution in [0.3, 0.4) is 0 Å². The molecule has 6 aromatic carbocycles. The number of anilines is 3. The first-order valence-electron chi connectivity index (χ1n) is 13.7. The number of para-hydroxylation sites is 2. The Morgan fingerprint density at radius 1 is 0.500 bits per heavy atom. The minimum absolute atomic E-state index is 0.0824. The number of rotatable bonds is 2. The van der Waals surface area contributed by atoms with Crippen LogP contribution >= 0.6 is 0 Å². The summed E-state index contributed by atoms with van der Waals surface area (Å²) in [5, 5.41) is 7.52. The van der Waals surface area contributed by atoms with Crippen LogP contribution in [0, 0.1) is 0 Å². The number of fused-ring (bicyclic) bond motifs is 8. The summed E-state index contributed by atoms with van der Waals surface area (Å²) >= 11 is 0. The summed E-state index contributed by atoms with van der Waals surface area (Å²) in [6.45, 7) is 4.66. The van der Waals surface area contributed by atoms with E-state index in [0.717, 1.165) is 11.1 Å². The van der Waals surface area contributed by atoms with Gasteiger partial charge in [0.05, 0.1) is 11.4 Å². The Labute approximate surface area is 233 Å². The molecule has 0 atom stereocenters. The van der Waals surface area contributed by atoms with E-state index in [0.29, 0.717) is 0 Å². The molecule has 1 aliphatic rings. The Hall–Kier alpha value is -5.02. The van der Waals surface area contributed by atoms with Crippen molar-refractivity contribution in [2.45, 2.75) is 19.3 Å². The molecule has 0 fully saturated rings. The highest BCUT2D eigenvalue weighted by Gasteiger charge is 2.36. The zero-order valence-electron chi connectivity index (χ0n) is 22.5. The second kappa shape index (κ2) is 8.49. The molecule has 0 unspecified atom stereocenters. The monoisotopic (exact) mass is 513 g/mol. The first-order chi connectivity index (χ1) is 19.6. The van der Waals surface area contributed by atoms with Crippen LogP contribution in [0.5, 0.6) is 0 Å². The lowest BCUT2D eigenvalue weighted by Gasteiger charge is -2.42. The van der Waals surface area contributed by atoms with Crippen molar-refractivity contribution in [3.05, 3.63) is 139 Å². The van der Waals surface area contributed by atoms with Crippen LogP contribution in [0.2, 0.25) is 0 Å². The van der Waals surface area contributed by atoms with Gasteiger partial charge in [-0.1, -0.05) is 92.7 Å². The molecule has 190 valence electrons. The summed E-state index contributed by atoms with van der Waals surface area (Å²) < 4.78 is 0. The van der Waals surface area contributed by atoms with Gasteiger partial charge in [-0.3, -0.25) is 0 Å². The third-order valence-electron chi connectivity index (χ3n) is 8.61. The van der Waals surface area contributed by atoms with Gasteiger partial charge in [0.1, 0.15) is 6.33 Å². The lowest BCUT2D eigenvalue weighted by atomic mass is 9.73. The van der Waals surface area contributed by atoms with Crippen LogP contribution < -0.4 is 4.90 Å². The van der Waals surface area contributed by atoms with Gasteiger partial charge >= 0.3 is 0 Å². The molecule has 8 rings (SSSR count). The molecule has 7 aromatic rings. The van der Waals surface area contributed by atoms with Crippen LogP contribution in [0.15, 0.2) is 128 Å². The fourth-order valence-corrected chi connectivity index (χ4v) is 6.66. The Balaban J connectivity index is 1.43. The summed E-state index contributed by atoms with van der Waals surface area (Å²) in [5.74, 6) is 0. The highest BCUT2D eigenvalue weighted by atomic mass is 15.2. The van der Waals surface area contributed by atoms with Gasteiger partial charge in [0.2, 0.25) is 0 Å². The zero-order valence-corrected chi connectivity index (χ0v) is 22.5. The highest BCUT2D eigenvalue weighted by molar-refractivity contribution is 6.26. The second-order valence-electron chi connectivity index (χ2n) is 11.2. The molecule has 40 heavy (non-hydrogen) atoms. The normalized spacial score (nSPS) is 13.9. The lowest BCUT2D eigenvalue weighted by Crippen LogP contribution is -2.30. The largest absolute Gasteiger partial charge is 0.310 e. The number of hydrogen-bond donors (Lipinski definition) is 0. The molecule has 0 saturated carbocycles. The first kappa shape index (κ1) is 22.9. The van der Waals surface area contributed by atoms with Crippen LogP contribution in [0.4, 0.5) is 17.1 Å². The van der Waals surface area contributed by atoms with Gasteiger partial charge < -0.3 is 4.90 Å². The van der Waals surface area contributed by atoms with Crippen LogP contribution in [0.1, 0.15) is 25.0 Å². The summed E-state index contributed by atoms with van der Waals surface area (Å²) in [6.07, 6.45) is 5.33. The van der Waals surface area contributed by atoms with E-state index in [1.165, 1.54) is 60.5 Å². The molecule has 3 heteroatoms. The molecule has 0 bridgehead atoms. The van der Waals surface area contributed by atoms with E-state index in [4.69, 9.17) is 0 Å². The van der Waals surface area contributed by atoms with Gasteiger partial charge in [-0.15, -0.1) is 0 Å². The predicted octanol–water partition coefficient (Wildman–Crippen LogP) is 9.71. The topological polar surface area (TPSA) is 29.0 Å². The SMILES string of the molecule is CC1(C)c2ccccc2N(c2ccc3c4ccccc4c4cc(-c5cncnc5)ccc4c3c2)c2ccccc21. The van der Waals surface area contributed by atoms with Gasteiger partial charge in [0, 0.05) is 29.1 Å². The third kappa shape index (κ3) is 3.24. The number of hydrogen-bond acceptors (Lipinski definition) is 3. The molecule has 0 radical (unpaired) electrons. The van der Waals surface area contributed by atoms with Crippen molar-refractivity contribution in [3.8, 4) is 11.1 Å². The third-order valence-corrected chi connectivity index (χ3v) is 8.61. The molecular weight excluding hydrogens is 486 g/mol. The summed E-state index contributed by atoms with van der Waals surface area (Å²) in [5.41, 5.74) is 8.38. The maximum Gasteiger partial charge on any atom is 0.115 e. The Morgan fingerprint density at radius 2 is 1.02 bits per heavy atom. The Kier molecular flexibility index (Phi) is 4.86. The first-order valence-corrected chi connectivity index (χ1v) is 13.7. The molecule has 0 amide bonds. The average molecular weight is 514 g/mol. The molecule has 1 aliphatic heterocycles. The van der Waals surface area contributed by atoms with Crippen molar-refractivity contribution in [3.63, 3.8) is 0 Å². The van der Waals surface area contributed by atoms with Crippen molar-refractivity contribution in [1.82, 2.24) is 9.97 Å². The quantitative estimate of drug-likeness (QED) is 0.215. The molecule has 0 saturated heterocycles. The number of aromatic nitrogens is 2. The minimum atomic E-state index is -0.0824. The van der Waals surface area contributed by atoms with E-state index < -0.39 is 0 Å². The average Bonchev–Trinajstić information content (AvgIpc) is 3.01. The van der Waals surface area contributed by atoms with E-state index in [1.807, 2.05) is 12.4 Å². The Morgan fingerprint density at radius 3 is 1.73 bits per heavy atom. The fraction of sp³-hybridized carbons (Fsp3) is 0.0811. The number of benzene rings is 6. The lowest BCUT2D eigenvalue weighted by molar-refractivity contribution is 0.632. The van der Waals surface area contributed by atoms with Crippen molar-refractivity contribution >= 4 is 49.4 Å². The molecule has 0 aliphatic carbocycles. The number of nitrogens with zero attached hydrogens (tertiary/aromatic N) is 3. The van der Waals surface area contributed by atoms with Crippen LogP contribution in [-0.2, 0) is 5.41 Å². The van der Waals surface area contributed by atoms with Gasteiger partial charge in [-0.2, -0.15) is 0 Å². The second-order valence-corrected chi connectivity index (χ2v) is 11.2. The van der Waals surface area contributed by atoms with E-state index in [-0.39, 0.29) is 5.41 Å². The van der Waals surface area contributed by atoms with E-state index in [1.54, 1.807) is 6.33 Å². The summed E-state index contributed by atoms with van der Waals surface area (Å²) in [6, 6.07) is 40.1. The van der Waals surface area contributed by atoms with Gasteiger partial charge in [-0.25, -0.2) is 9.97 Å². The van der Waals surface area contributed by atoms with Crippen molar-refractivity contribution in [2.75, 3.05) is 4.90 Å². The fourth-order valence-electron chi connectivity index (χ4n) is 6.66. The van der Waals surface area contributed by atoms with Gasteiger partial charge in [0.25, 0.3) is 0 Å². The maximum atomic E-state index is 4.25. The van der Waals surface area contributed by atoms with E-state index in [2.05, 4.69) is 138 Å². The van der Waals surface area contributed by atoms with Crippen LogP contribution in [-0.4, -0.2) is 9.97 Å². The highest BCUT2D eigenvalue weighted by Crippen LogP contribution is 2.52.